The third-order valence-electron chi connectivity index (χ3n) is 2.00. The highest BCUT2D eigenvalue weighted by Crippen LogP contribution is 2.00. The highest BCUT2D eigenvalue weighted by Gasteiger charge is 2.19. The van der Waals surface area contributed by atoms with Gasteiger partial charge in [-0.1, -0.05) is 12.2 Å². The second kappa shape index (κ2) is 7.67. The number of hydrogen-bond donors (Lipinski definition) is 1. The molecule has 0 fully saturated rings. The van der Waals surface area contributed by atoms with E-state index in [2.05, 4.69) is 6.58 Å². The first-order valence-electron chi connectivity index (χ1n) is 5.23. The molecule has 0 aromatic carbocycles. The van der Waals surface area contributed by atoms with Crippen molar-refractivity contribution in [1.82, 2.24) is 9.80 Å². The van der Waals surface area contributed by atoms with Crippen molar-refractivity contribution in [3.63, 3.8) is 0 Å². The van der Waals surface area contributed by atoms with Crippen molar-refractivity contribution >= 4 is 12.0 Å². The normalized spacial score (nSPS) is 9.82. The summed E-state index contributed by atoms with van der Waals surface area (Å²) in [6.45, 7) is 6.14. The molecule has 0 rings (SSSR count). The van der Waals surface area contributed by atoms with E-state index in [9.17, 15) is 9.59 Å². The first kappa shape index (κ1) is 15.4. The van der Waals surface area contributed by atoms with Crippen LogP contribution in [0.25, 0.3) is 0 Å². The zero-order valence-corrected chi connectivity index (χ0v) is 10.6. The Hall–Kier alpha value is -1.56. The number of carbonyl (C=O) groups excluding carboxylic acids is 1. The van der Waals surface area contributed by atoms with E-state index >= 15 is 0 Å². The molecule has 6 heteroatoms. The third-order valence-corrected chi connectivity index (χ3v) is 2.00. The van der Waals surface area contributed by atoms with Crippen molar-refractivity contribution in [2.24, 2.45) is 0 Å². The summed E-state index contributed by atoms with van der Waals surface area (Å²) in [5, 5.41) is 8.73. The molecule has 2 amide bonds. The zero-order chi connectivity index (χ0) is 13.4. The van der Waals surface area contributed by atoms with Crippen molar-refractivity contribution < 1.29 is 19.4 Å². The number of carboxylic acid groups (broad SMARTS) is 1. The SMILES string of the molecule is C=C(C)CN(C)C(=O)N(CCOC)CC(=O)O. The second-order valence-corrected chi connectivity index (χ2v) is 3.90. The number of hydrogen-bond acceptors (Lipinski definition) is 3. The molecule has 0 bridgehead atoms. The van der Waals surface area contributed by atoms with Gasteiger partial charge in [0, 0.05) is 27.2 Å². The van der Waals surface area contributed by atoms with Gasteiger partial charge >= 0.3 is 12.0 Å². The summed E-state index contributed by atoms with van der Waals surface area (Å²) in [4.78, 5) is 25.2. The zero-order valence-electron chi connectivity index (χ0n) is 10.6. The number of ether oxygens (including phenoxy) is 1. The number of carbonyl (C=O) groups is 2. The number of urea groups is 1. The summed E-state index contributed by atoms with van der Waals surface area (Å²) in [5.41, 5.74) is 0.836. The lowest BCUT2D eigenvalue weighted by Gasteiger charge is -2.26. The summed E-state index contributed by atoms with van der Waals surface area (Å²) < 4.78 is 4.84. The Morgan fingerprint density at radius 2 is 1.94 bits per heavy atom. The minimum absolute atomic E-state index is 0.252. The number of amides is 2. The van der Waals surface area contributed by atoms with Gasteiger partial charge in [-0.3, -0.25) is 4.79 Å². The molecular weight excluding hydrogens is 224 g/mol. The van der Waals surface area contributed by atoms with E-state index in [1.807, 2.05) is 0 Å². The van der Waals surface area contributed by atoms with E-state index in [-0.39, 0.29) is 19.1 Å². The number of likely N-dealkylation sites (N-methyl/N-ethyl adjacent to an activating group) is 1. The molecule has 0 aromatic rings. The smallest absolute Gasteiger partial charge is 0.323 e. The van der Waals surface area contributed by atoms with Crippen molar-refractivity contribution in [2.45, 2.75) is 6.92 Å². The number of nitrogens with zero attached hydrogens (tertiary/aromatic N) is 2. The van der Waals surface area contributed by atoms with Gasteiger partial charge in [-0.2, -0.15) is 0 Å². The van der Waals surface area contributed by atoms with Crippen LogP contribution in [-0.2, 0) is 9.53 Å². The number of methoxy groups -OCH3 is 1. The molecule has 0 aliphatic carbocycles. The molecule has 0 aliphatic rings. The van der Waals surface area contributed by atoms with Gasteiger partial charge in [-0.25, -0.2) is 4.79 Å². The highest BCUT2D eigenvalue weighted by atomic mass is 16.5. The van der Waals surface area contributed by atoms with Gasteiger partial charge in [0.2, 0.25) is 0 Å². The molecule has 0 radical (unpaired) electrons. The maximum atomic E-state index is 11.9. The van der Waals surface area contributed by atoms with Crippen LogP contribution in [0.2, 0.25) is 0 Å². The van der Waals surface area contributed by atoms with Crippen LogP contribution in [-0.4, -0.2) is 67.3 Å². The van der Waals surface area contributed by atoms with Gasteiger partial charge in [0.15, 0.2) is 0 Å². The fourth-order valence-electron chi connectivity index (χ4n) is 1.32. The van der Waals surface area contributed by atoms with Crippen molar-refractivity contribution in [3.05, 3.63) is 12.2 Å². The van der Waals surface area contributed by atoms with E-state index in [1.54, 1.807) is 14.0 Å². The molecule has 0 heterocycles. The van der Waals surface area contributed by atoms with Crippen LogP contribution >= 0.6 is 0 Å². The lowest BCUT2D eigenvalue weighted by molar-refractivity contribution is -0.137. The predicted octanol–water partition coefficient (Wildman–Crippen LogP) is 0.647. The molecule has 0 saturated heterocycles. The maximum Gasteiger partial charge on any atom is 0.323 e. The molecule has 6 nitrogen and oxygen atoms in total. The van der Waals surface area contributed by atoms with Gasteiger partial charge < -0.3 is 19.6 Å². The Labute approximate surface area is 101 Å². The third kappa shape index (κ3) is 6.57. The molecule has 98 valence electrons. The van der Waals surface area contributed by atoms with Crippen LogP contribution in [0, 0.1) is 0 Å². The molecule has 1 N–H and O–H groups in total. The minimum atomic E-state index is -1.04. The quantitative estimate of drug-likeness (QED) is 0.667. The van der Waals surface area contributed by atoms with E-state index in [0.717, 1.165) is 5.57 Å². The fraction of sp³-hybridized carbons (Fsp3) is 0.636. The molecule has 0 aliphatic heterocycles. The topological polar surface area (TPSA) is 70.1 Å². The molecule has 0 atom stereocenters. The highest BCUT2D eigenvalue weighted by molar-refractivity contribution is 5.80. The Morgan fingerprint density at radius 3 is 2.35 bits per heavy atom. The average Bonchev–Trinajstić information content (AvgIpc) is 2.21. The standard InChI is InChI=1S/C11H20N2O4/c1-9(2)7-12(3)11(16)13(5-6-17-4)8-10(14)15/h1,5-8H2,2-4H3,(H,14,15). The lowest BCUT2D eigenvalue weighted by Crippen LogP contribution is -2.45. The summed E-state index contributed by atoms with van der Waals surface area (Å²) in [6.07, 6.45) is 0. The van der Waals surface area contributed by atoms with Crippen molar-refractivity contribution in [2.75, 3.05) is 40.4 Å². The van der Waals surface area contributed by atoms with Crippen molar-refractivity contribution in [3.8, 4) is 0 Å². The Morgan fingerprint density at radius 1 is 1.35 bits per heavy atom. The average molecular weight is 244 g/mol. The molecular formula is C11H20N2O4. The van der Waals surface area contributed by atoms with Gasteiger partial charge in [0.05, 0.1) is 6.61 Å². The summed E-state index contributed by atoms with van der Waals surface area (Å²) in [7, 11) is 3.11. The molecule has 0 saturated carbocycles. The molecule has 17 heavy (non-hydrogen) atoms. The monoisotopic (exact) mass is 244 g/mol. The van der Waals surface area contributed by atoms with Gasteiger partial charge in [-0.05, 0) is 6.92 Å². The Kier molecular flexibility index (Phi) is 6.97. The molecule has 0 unspecified atom stereocenters. The summed E-state index contributed by atoms with van der Waals surface area (Å²) >= 11 is 0. The van der Waals surface area contributed by atoms with E-state index in [4.69, 9.17) is 9.84 Å². The van der Waals surface area contributed by atoms with Crippen LogP contribution in [0.5, 0.6) is 0 Å². The predicted molar refractivity (Wildman–Crippen MR) is 63.9 cm³/mol. The van der Waals surface area contributed by atoms with E-state index < -0.39 is 5.97 Å². The van der Waals surface area contributed by atoms with E-state index in [1.165, 1.54) is 16.9 Å². The molecule has 0 aromatic heterocycles. The van der Waals surface area contributed by atoms with Gasteiger partial charge in [0.1, 0.15) is 6.54 Å². The number of carboxylic acids is 1. The Balaban J connectivity index is 4.49. The van der Waals surface area contributed by atoms with Crippen LogP contribution in [0.4, 0.5) is 4.79 Å². The fourth-order valence-corrected chi connectivity index (χ4v) is 1.32. The van der Waals surface area contributed by atoms with E-state index in [0.29, 0.717) is 13.2 Å². The van der Waals surface area contributed by atoms with Gasteiger partial charge in [0.25, 0.3) is 0 Å². The largest absolute Gasteiger partial charge is 0.480 e. The van der Waals surface area contributed by atoms with Crippen LogP contribution in [0.1, 0.15) is 6.92 Å². The minimum Gasteiger partial charge on any atom is -0.480 e. The molecule has 0 spiro atoms. The van der Waals surface area contributed by atoms with Crippen LogP contribution in [0.15, 0.2) is 12.2 Å². The van der Waals surface area contributed by atoms with Crippen LogP contribution in [0.3, 0.4) is 0 Å². The number of rotatable bonds is 7. The summed E-state index contributed by atoms with van der Waals surface area (Å²) in [6, 6.07) is -0.340. The Bertz CT molecular complexity index is 291. The number of aliphatic carboxylic acids is 1. The van der Waals surface area contributed by atoms with Gasteiger partial charge in [-0.15, -0.1) is 0 Å². The maximum absolute atomic E-state index is 11.9. The second-order valence-electron chi connectivity index (χ2n) is 3.90. The first-order valence-corrected chi connectivity index (χ1v) is 5.23. The lowest BCUT2D eigenvalue weighted by atomic mass is 10.3. The summed E-state index contributed by atoms with van der Waals surface area (Å²) in [5.74, 6) is -1.04. The van der Waals surface area contributed by atoms with Crippen LogP contribution < -0.4 is 0 Å². The van der Waals surface area contributed by atoms with Crippen molar-refractivity contribution in [1.29, 1.82) is 0 Å². The first-order chi connectivity index (χ1) is 7.88.